The van der Waals surface area contributed by atoms with Gasteiger partial charge in [0.25, 0.3) is 23.6 Å². The Morgan fingerprint density at radius 1 is 0.455 bits per heavy atom. The van der Waals surface area contributed by atoms with Crippen LogP contribution in [-0.2, 0) is 0 Å². The highest BCUT2D eigenvalue weighted by Gasteiger charge is 2.36. The molecule has 0 aliphatic carbocycles. The van der Waals surface area contributed by atoms with Gasteiger partial charge in [0.15, 0.2) is 0 Å². The van der Waals surface area contributed by atoms with Crippen molar-refractivity contribution in [3.8, 4) is 30.6 Å². The lowest BCUT2D eigenvalue weighted by Crippen LogP contribution is -2.30. The lowest BCUT2D eigenvalue weighted by molar-refractivity contribution is 0.0636. The second kappa shape index (κ2) is 13.0. The highest BCUT2D eigenvalue weighted by molar-refractivity contribution is 7.25. The number of benzene rings is 2. The molecule has 4 heterocycles. The summed E-state index contributed by atoms with van der Waals surface area (Å²) in [5, 5.41) is 0. The molecule has 2 aromatic carbocycles. The van der Waals surface area contributed by atoms with Gasteiger partial charge in [-0.05, 0) is 72.5 Å². The maximum absolute atomic E-state index is 13.1. The molecule has 8 heteroatoms. The van der Waals surface area contributed by atoms with Gasteiger partial charge in [-0.2, -0.15) is 0 Å². The predicted molar refractivity (Wildman–Crippen MR) is 178 cm³/mol. The van der Waals surface area contributed by atoms with Crippen LogP contribution in [0.5, 0.6) is 0 Å². The second-order valence-corrected chi connectivity index (χ2v) is 13.7. The van der Waals surface area contributed by atoms with Crippen LogP contribution in [0.1, 0.15) is 107 Å². The Balaban J connectivity index is 1.17. The van der Waals surface area contributed by atoms with Crippen molar-refractivity contribution in [3.63, 3.8) is 0 Å². The van der Waals surface area contributed by atoms with Crippen molar-refractivity contribution in [2.24, 2.45) is 0 Å². The van der Waals surface area contributed by atoms with Gasteiger partial charge < -0.3 is 0 Å². The molecular formula is C36H36N2O4S2. The zero-order valence-corrected chi connectivity index (χ0v) is 26.8. The van der Waals surface area contributed by atoms with Crippen LogP contribution in [0.2, 0.25) is 0 Å². The maximum Gasteiger partial charge on any atom is 0.261 e. The van der Waals surface area contributed by atoms with E-state index in [-0.39, 0.29) is 23.6 Å². The number of fused-ring (bicyclic) bond motifs is 2. The van der Waals surface area contributed by atoms with E-state index in [4.69, 9.17) is 0 Å². The lowest BCUT2D eigenvalue weighted by atomic mass is 10.0. The predicted octanol–water partition coefficient (Wildman–Crippen LogP) is 9.16. The van der Waals surface area contributed by atoms with Crippen molar-refractivity contribution < 1.29 is 19.2 Å². The smallest absolute Gasteiger partial charge is 0.261 e. The number of unbranched alkanes of at least 4 members (excludes halogenated alkanes) is 6. The summed E-state index contributed by atoms with van der Waals surface area (Å²) in [7, 11) is 0. The third kappa shape index (κ3) is 5.69. The van der Waals surface area contributed by atoms with Crippen LogP contribution in [-0.4, -0.2) is 46.5 Å². The number of carbonyl (C=O) groups excluding carboxylic acids is 4. The summed E-state index contributed by atoms with van der Waals surface area (Å²) in [5.41, 5.74) is 3.80. The quantitative estimate of drug-likeness (QED) is 0.110. The fraction of sp³-hybridized carbons (Fsp3) is 0.333. The van der Waals surface area contributed by atoms with E-state index >= 15 is 0 Å². The molecule has 226 valence electrons. The summed E-state index contributed by atoms with van der Waals surface area (Å²) >= 11 is 3.28. The van der Waals surface area contributed by atoms with Crippen molar-refractivity contribution in [2.75, 3.05) is 13.1 Å². The van der Waals surface area contributed by atoms with E-state index in [0.29, 0.717) is 35.3 Å². The summed E-state index contributed by atoms with van der Waals surface area (Å²) < 4.78 is 0. The van der Waals surface area contributed by atoms with Crippen molar-refractivity contribution in [1.82, 2.24) is 9.80 Å². The highest BCUT2D eigenvalue weighted by Crippen LogP contribution is 2.42. The van der Waals surface area contributed by atoms with E-state index in [1.807, 2.05) is 24.3 Å². The van der Waals surface area contributed by atoms with E-state index in [9.17, 15) is 19.2 Å². The average Bonchev–Trinajstić information content (AvgIpc) is 3.82. The van der Waals surface area contributed by atoms with Gasteiger partial charge in [-0.3, -0.25) is 29.0 Å². The Bertz CT molecular complexity index is 1620. The van der Waals surface area contributed by atoms with Gasteiger partial charge in [0, 0.05) is 32.6 Å². The van der Waals surface area contributed by atoms with Crippen molar-refractivity contribution >= 4 is 46.3 Å². The average molecular weight is 625 g/mol. The largest absolute Gasteiger partial charge is 0.274 e. The Labute approximate surface area is 266 Å². The number of hydrogen-bond donors (Lipinski definition) is 0. The van der Waals surface area contributed by atoms with Crippen molar-refractivity contribution in [2.45, 2.75) is 65.2 Å². The van der Waals surface area contributed by atoms with Crippen LogP contribution in [0.3, 0.4) is 0 Å². The third-order valence-corrected chi connectivity index (χ3v) is 10.9. The molecule has 0 spiro atoms. The van der Waals surface area contributed by atoms with E-state index in [1.165, 1.54) is 9.80 Å². The van der Waals surface area contributed by atoms with Gasteiger partial charge in [0.2, 0.25) is 0 Å². The number of imide groups is 2. The van der Waals surface area contributed by atoms with Gasteiger partial charge in [-0.15, -0.1) is 22.7 Å². The van der Waals surface area contributed by atoms with E-state index in [1.54, 1.807) is 34.8 Å². The minimum absolute atomic E-state index is 0.191. The molecule has 6 rings (SSSR count). The fourth-order valence-corrected chi connectivity index (χ4v) is 8.03. The molecule has 0 unspecified atom stereocenters. The molecule has 0 atom stereocenters. The van der Waals surface area contributed by atoms with Crippen LogP contribution in [0.25, 0.3) is 30.6 Å². The molecule has 0 saturated carbocycles. The molecule has 0 fully saturated rings. The molecule has 4 aromatic rings. The summed E-state index contributed by atoms with van der Waals surface area (Å²) in [4.78, 5) is 59.0. The molecule has 6 nitrogen and oxygen atoms in total. The molecule has 4 amide bonds. The van der Waals surface area contributed by atoms with E-state index < -0.39 is 0 Å². The van der Waals surface area contributed by atoms with Crippen LogP contribution in [0.15, 0.2) is 60.7 Å². The first-order chi connectivity index (χ1) is 21.4. The first kappa shape index (κ1) is 30.2. The minimum atomic E-state index is -0.197. The highest BCUT2D eigenvalue weighted by atomic mass is 32.1. The van der Waals surface area contributed by atoms with Crippen molar-refractivity contribution in [3.05, 3.63) is 82.9 Å². The molecule has 0 N–H and O–H groups in total. The van der Waals surface area contributed by atoms with E-state index in [2.05, 4.69) is 38.1 Å². The molecule has 2 aliphatic heterocycles. The molecule has 0 radical (unpaired) electrons. The Morgan fingerprint density at radius 2 is 0.841 bits per heavy atom. The molecule has 44 heavy (non-hydrogen) atoms. The first-order valence-corrected chi connectivity index (χ1v) is 17.3. The molecule has 2 aromatic heterocycles. The minimum Gasteiger partial charge on any atom is -0.274 e. The van der Waals surface area contributed by atoms with Gasteiger partial charge >= 0.3 is 0 Å². The lowest BCUT2D eigenvalue weighted by Gasteiger charge is -2.13. The number of amides is 4. The normalized spacial score (nSPS) is 14.2. The van der Waals surface area contributed by atoms with Gasteiger partial charge in [-0.1, -0.05) is 64.5 Å². The third-order valence-electron chi connectivity index (χ3n) is 8.44. The molecule has 0 bridgehead atoms. The van der Waals surface area contributed by atoms with Gasteiger partial charge in [0.1, 0.15) is 0 Å². The standard InChI is InChI=1S/C36H36N2O4S2/c1-3-5-7-9-19-37-33(39)25-13-11-23(21-27(25)35(37)41)29-15-17-31(43-29)32-18-16-30(44-32)24-12-14-26-28(22-24)36(42)38(34(26)40)20-10-8-6-4-2/h11-18,21-22H,3-10,19-20H2,1-2H3. The fourth-order valence-electron chi connectivity index (χ4n) is 5.94. The van der Waals surface area contributed by atoms with Crippen LogP contribution in [0, 0.1) is 0 Å². The Kier molecular flexibility index (Phi) is 8.91. The first-order valence-electron chi connectivity index (χ1n) is 15.6. The van der Waals surface area contributed by atoms with Crippen LogP contribution < -0.4 is 0 Å². The SMILES string of the molecule is CCCCCCN1C(=O)c2ccc(-c3ccc(-c4ccc(-c5ccc6c(c5)C(=O)N(CCCCCC)C6=O)s4)s3)cc2C1=O. The topological polar surface area (TPSA) is 74.8 Å². The van der Waals surface area contributed by atoms with E-state index in [0.717, 1.165) is 82.0 Å². The number of thiophene rings is 2. The zero-order chi connectivity index (χ0) is 30.8. The summed E-state index contributed by atoms with van der Waals surface area (Å²) in [6.07, 6.45) is 8.12. The molecule has 2 aliphatic rings. The molecule has 0 saturated heterocycles. The number of hydrogen-bond acceptors (Lipinski definition) is 6. The Morgan fingerprint density at radius 3 is 1.25 bits per heavy atom. The number of carbonyl (C=O) groups is 4. The number of rotatable bonds is 13. The van der Waals surface area contributed by atoms with Gasteiger partial charge in [-0.25, -0.2) is 0 Å². The molecular weight excluding hydrogens is 589 g/mol. The maximum atomic E-state index is 13.1. The van der Waals surface area contributed by atoms with Crippen molar-refractivity contribution in [1.29, 1.82) is 0 Å². The summed E-state index contributed by atoms with van der Waals surface area (Å²) in [6.45, 7) is 5.22. The second-order valence-electron chi connectivity index (χ2n) is 11.5. The zero-order valence-electron chi connectivity index (χ0n) is 25.2. The number of nitrogens with zero attached hydrogens (tertiary/aromatic N) is 2. The van der Waals surface area contributed by atoms with Crippen LogP contribution >= 0.6 is 22.7 Å². The Hall–Kier alpha value is -3.88. The monoisotopic (exact) mass is 624 g/mol. The van der Waals surface area contributed by atoms with Crippen LogP contribution in [0.4, 0.5) is 0 Å². The summed E-state index contributed by atoms with van der Waals surface area (Å²) in [6, 6.07) is 19.4. The summed E-state index contributed by atoms with van der Waals surface area (Å²) in [5.74, 6) is -0.777. The van der Waals surface area contributed by atoms with Gasteiger partial charge in [0.05, 0.1) is 22.3 Å².